The highest BCUT2D eigenvalue weighted by Crippen LogP contribution is 2.39. The van der Waals surface area contributed by atoms with Crippen LogP contribution in [0.25, 0.3) is 22.3 Å². The predicted octanol–water partition coefficient (Wildman–Crippen LogP) is 4.19. The molecule has 0 bridgehead atoms. The summed E-state index contributed by atoms with van der Waals surface area (Å²) in [6.45, 7) is -0.270. The van der Waals surface area contributed by atoms with E-state index >= 15 is 0 Å². The Morgan fingerprint density at radius 1 is 1.18 bits per heavy atom. The predicted molar refractivity (Wildman–Crippen MR) is 116 cm³/mol. The molecular formula is C23H17F3N6O2. The smallest absolute Gasteiger partial charge is 0.419 e. The summed E-state index contributed by atoms with van der Waals surface area (Å²) in [6, 6.07) is 11.6. The molecule has 1 N–H and O–H groups in total. The Morgan fingerprint density at radius 2 is 1.97 bits per heavy atom. The topological polar surface area (TPSA) is 108 Å². The van der Waals surface area contributed by atoms with E-state index in [2.05, 4.69) is 19.9 Å². The molecule has 34 heavy (non-hydrogen) atoms. The van der Waals surface area contributed by atoms with Gasteiger partial charge in [0.05, 0.1) is 28.8 Å². The number of carbonyl (C=O) groups is 1. The van der Waals surface area contributed by atoms with Crippen LogP contribution in [0.15, 0.2) is 48.8 Å². The fraction of sp³-hybridized carbons (Fsp3) is 0.174. The monoisotopic (exact) mass is 466 g/mol. The Balaban J connectivity index is 1.66. The third-order valence-corrected chi connectivity index (χ3v) is 4.90. The molecule has 4 aromatic rings. The van der Waals surface area contributed by atoms with E-state index in [9.17, 15) is 23.2 Å². The van der Waals surface area contributed by atoms with Crippen LogP contribution in [0.3, 0.4) is 0 Å². The maximum absolute atomic E-state index is 13.8. The van der Waals surface area contributed by atoms with E-state index in [1.807, 2.05) is 6.07 Å². The molecule has 172 valence electrons. The molecule has 0 spiro atoms. The second-order valence-electron chi connectivity index (χ2n) is 7.48. The van der Waals surface area contributed by atoms with Crippen molar-refractivity contribution in [2.24, 2.45) is 0 Å². The number of H-pyrrole nitrogens is 1. The molecule has 1 amide bonds. The number of fused-ring (bicyclic) bond motifs is 1. The van der Waals surface area contributed by atoms with Crippen LogP contribution in [-0.4, -0.2) is 44.8 Å². The molecule has 0 aliphatic rings. The molecule has 3 heterocycles. The molecule has 0 aliphatic heterocycles. The highest BCUT2D eigenvalue weighted by atomic mass is 19.4. The molecule has 0 atom stereocenters. The Labute approximate surface area is 191 Å². The van der Waals surface area contributed by atoms with Crippen molar-refractivity contribution in [2.75, 3.05) is 14.1 Å². The van der Waals surface area contributed by atoms with Crippen molar-refractivity contribution < 1.29 is 22.7 Å². The van der Waals surface area contributed by atoms with Crippen LogP contribution < -0.4 is 4.74 Å². The summed E-state index contributed by atoms with van der Waals surface area (Å²) < 4.78 is 47.0. The molecule has 0 fully saturated rings. The Bertz CT molecular complexity index is 1420. The molecule has 0 saturated heterocycles. The first-order chi connectivity index (χ1) is 16.2. The van der Waals surface area contributed by atoms with Crippen LogP contribution >= 0.6 is 0 Å². The molecule has 8 nitrogen and oxygen atoms in total. The second kappa shape index (κ2) is 8.82. The van der Waals surface area contributed by atoms with Crippen LogP contribution in [0.4, 0.5) is 13.2 Å². The lowest BCUT2D eigenvalue weighted by molar-refractivity contribution is -0.139. The highest BCUT2D eigenvalue weighted by Gasteiger charge is 2.35. The Hall–Kier alpha value is -4.46. The van der Waals surface area contributed by atoms with Gasteiger partial charge in [-0.15, -0.1) is 0 Å². The zero-order valence-corrected chi connectivity index (χ0v) is 18.0. The number of hydrogen-bond donors (Lipinski definition) is 1. The van der Waals surface area contributed by atoms with Crippen LogP contribution in [0, 0.1) is 11.3 Å². The van der Waals surface area contributed by atoms with E-state index in [-0.39, 0.29) is 35.2 Å². The van der Waals surface area contributed by atoms with Gasteiger partial charge in [0.25, 0.3) is 5.91 Å². The maximum Gasteiger partial charge on any atom is 0.419 e. The third-order valence-electron chi connectivity index (χ3n) is 4.90. The number of hydrogen-bond acceptors (Lipinski definition) is 6. The molecule has 3 aromatic heterocycles. The molecule has 0 saturated carbocycles. The number of imidazole rings is 1. The van der Waals surface area contributed by atoms with Crippen LogP contribution in [0.1, 0.15) is 27.4 Å². The van der Waals surface area contributed by atoms with Gasteiger partial charge in [-0.2, -0.15) is 18.4 Å². The number of ether oxygens (including phenoxy) is 1. The van der Waals surface area contributed by atoms with E-state index in [1.165, 1.54) is 35.5 Å². The number of nitrogens with one attached hydrogen (secondary N) is 1. The zero-order chi connectivity index (χ0) is 24.5. The van der Waals surface area contributed by atoms with E-state index in [1.54, 1.807) is 26.2 Å². The standard InChI is InChI=1S/C23H17F3N6O2/c1-32(2)22(33)16-5-3-4-14(30-16)11-34-20-7-6-13(8-15(20)23(24,25)26)17-9-18-21(29-12-28-18)19(10-27)31-17/h3-9,12H,11H2,1-2H3,(H,28,29). The lowest BCUT2D eigenvalue weighted by atomic mass is 10.1. The van der Waals surface area contributed by atoms with Crippen LogP contribution in [0.2, 0.25) is 0 Å². The number of halogens is 3. The lowest BCUT2D eigenvalue weighted by Gasteiger charge is -2.16. The van der Waals surface area contributed by atoms with Gasteiger partial charge < -0.3 is 14.6 Å². The highest BCUT2D eigenvalue weighted by molar-refractivity contribution is 5.91. The minimum atomic E-state index is -4.71. The zero-order valence-electron chi connectivity index (χ0n) is 18.0. The largest absolute Gasteiger partial charge is 0.487 e. The van der Waals surface area contributed by atoms with E-state index < -0.39 is 17.5 Å². The number of nitrogens with zero attached hydrogens (tertiary/aromatic N) is 5. The van der Waals surface area contributed by atoms with Crippen molar-refractivity contribution in [1.82, 2.24) is 24.8 Å². The SMILES string of the molecule is CN(C)C(=O)c1cccc(COc2ccc(-c3cc4[nH]cnc4c(C#N)n3)cc2C(F)(F)F)n1. The first kappa shape index (κ1) is 22.7. The lowest BCUT2D eigenvalue weighted by Crippen LogP contribution is -2.23. The van der Waals surface area contributed by atoms with Gasteiger partial charge in [0.1, 0.15) is 29.6 Å². The molecule has 0 radical (unpaired) electrons. The maximum atomic E-state index is 13.8. The average Bonchev–Trinajstić information content (AvgIpc) is 3.30. The summed E-state index contributed by atoms with van der Waals surface area (Å²) in [5.74, 6) is -0.730. The summed E-state index contributed by atoms with van der Waals surface area (Å²) in [5.41, 5.74) is 0.613. The third kappa shape index (κ3) is 4.52. The number of rotatable bonds is 5. The fourth-order valence-electron chi connectivity index (χ4n) is 3.27. The van der Waals surface area contributed by atoms with Gasteiger partial charge in [0.15, 0.2) is 5.69 Å². The van der Waals surface area contributed by atoms with Crippen LogP contribution in [0.5, 0.6) is 5.75 Å². The molecular weight excluding hydrogens is 449 g/mol. The van der Waals surface area contributed by atoms with Crippen molar-refractivity contribution in [3.8, 4) is 23.1 Å². The molecule has 11 heteroatoms. The molecule has 0 unspecified atom stereocenters. The van der Waals surface area contributed by atoms with Gasteiger partial charge in [0, 0.05) is 19.7 Å². The molecule has 1 aromatic carbocycles. The van der Waals surface area contributed by atoms with Gasteiger partial charge in [-0.3, -0.25) is 4.79 Å². The summed E-state index contributed by atoms with van der Waals surface area (Å²) in [6.07, 6.45) is -3.33. The number of aromatic amines is 1. The van der Waals surface area contributed by atoms with Gasteiger partial charge in [-0.25, -0.2) is 15.0 Å². The number of aromatic nitrogens is 4. The molecule has 0 aliphatic carbocycles. The second-order valence-corrected chi connectivity index (χ2v) is 7.48. The minimum absolute atomic E-state index is 0.000799. The Morgan fingerprint density at radius 3 is 2.68 bits per heavy atom. The number of alkyl halides is 3. The fourth-order valence-corrected chi connectivity index (χ4v) is 3.27. The van der Waals surface area contributed by atoms with E-state index in [0.717, 1.165) is 6.07 Å². The van der Waals surface area contributed by atoms with E-state index in [4.69, 9.17) is 4.74 Å². The summed E-state index contributed by atoms with van der Waals surface area (Å²) in [4.78, 5) is 28.6. The van der Waals surface area contributed by atoms with Crippen molar-refractivity contribution in [3.05, 3.63) is 71.4 Å². The van der Waals surface area contributed by atoms with Crippen LogP contribution in [-0.2, 0) is 12.8 Å². The Kier molecular flexibility index (Phi) is 5.89. The van der Waals surface area contributed by atoms with Crippen molar-refractivity contribution >= 4 is 16.9 Å². The van der Waals surface area contributed by atoms with Gasteiger partial charge in [-0.1, -0.05) is 6.07 Å². The quantitative estimate of drug-likeness (QED) is 0.473. The van der Waals surface area contributed by atoms with Gasteiger partial charge in [-0.05, 0) is 36.4 Å². The number of pyridine rings is 2. The first-order valence-electron chi connectivity index (χ1n) is 9.93. The minimum Gasteiger partial charge on any atom is -0.487 e. The number of benzene rings is 1. The normalized spacial score (nSPS) is 11.3. The van der Waals surface area contributed by atoms with Crippen molar-refractivity contribution in [2.45, 2.75) is 12.8 Å². The number of carbonyl (C=O) groups excluding carboxylic acids is 1. The average molecular weight is 466 g/mol. The first-order valence-corrected chi connectivity index (χ1v) is 9.93. The molecule has 4 rings (SSSR count). The summed E-state index contributed by atoms with van der Waals surface area (Å²) >= 11 is 0. The van der Waals surface area contributed by atoms with Crippen molar-refractivity contribution in [1.29, 1.82) is 5.26 Å². The van der Waals surface area contributed by atoms with Gasteiger partial charge >= 0.3 is 6.18 Å². The van der Waals surface area contributed by atoms with E-state index in [0.29, 0.717) is 16.7 Å². The summed E-state index contributed by atoms with van der Waals surface area (Å²) in [7, 11) is 3.14. The van der Waals surface area contributed by atoms with Crippen molar-refractivity contribution in [3.63, 3.8) is 0 Å². The number of nitriles is 1. The summed E-state index contributed by atoms with van der Waals surface area (Å²) in [5, 5.41) is 9.32. The van der Waals surface area contributed by atoms with Gasteiger partial charge in [0.2, 0.25) is 0 Å². The number of amides is 1.